The van der Waals surface area contributed by atoms with Crippen LogP contribution in [0.5, 0.6) is 11.5 Å². The van der Waals surface area contributed by atoms with Crippen molar-refractivity contribution < 1.29 is 28.2 Å². The topological polar surface area (TPSA) is 55.8 Å². The van der Waals surface area contributed by atoms with Crippen molar-refractivity contribution in [3.05, 3.63) is 23.3 Å². The van der Waals surface area contributed by atoms with Crippen molar-refractivity contribution in [1.82, 2.24) is 0 Å². The maximum absolute atomic E-state index is 12.5. The Kier molecular flexibility index (Phi) is 2.64. The van der Waals surface area contributed by atoms with E-state index in [1.807, 2.05) is 0 Å². The minimum Gasteiger partial charge on any atom is -0.486 e. The molecule has 0 fully saturated rings. The first-order chi connectivity index (χ1) is 7.59. The number of ether oxygens (including phenoxy) is 2. The molecule has 1 aliphatic heterocycles. The van der Waals surface area contributed by atoms with Gasteiger partial charge < -0.3 is 14.6 Å². The summed E-state index contributed by atoms with van der Waals surface area (Å²) in [6.45, 7) is 0.431. The first-order valence-electron chi connectivity index (χ1n) is 4.54. The summed E-state index contributed by atoms with van der Waals surface area (Å²) in [6.07, 6.45) is -2.74. The summed E-state index contributed by atoms with van der Waals surface area (Å²) >= 11 is 0. The number of aromatic carboxylic acids is 1. The molecule has 1 N–H and O–H groups in total. The maximum atomic E-state index is 12.5. The van der Waals surface area contributed by atoms with E-state index in [9.17, 15) is 13.6 Å². The molecule has 0 aromatic heterocycles. The molecule has 16 heavy (non-hydrogen) atoms. The molecule has 86 valence electrons. The predicted molar refractivity (Wildman–Crippen MR) is 49.3 cm³/mol. The molecular weight excluding hydrogens is 222 g/mol. The van der Waals surface area contributed by atoms with Gasteiger partial charge in [0.15, 0.2) is 11.5 Å². The minimum absolute atomic E-state index is 0.0168. The van der Waals surface area contributed by atoms with Crippen molar-refractivity contribution in [1.29, 1.82) is 0 Å². The van der Waals surface area contributed by atoms with Gasteiger partial charge in [-0.25, -0.2) is 13.6 Å². The number of alkyl halides is 2. The number of fused-ring (bicyclic) bond motifs is 1. The van der Waals surface area contributed by atoms with Crippen LogP contribution >= 0.6 is 0 Å². The van der Waals surface area contributed by atoms with E-state index in [1.54, 1.807) is 0 Å². The van der Waals surface area contributed by atoms with Gasteiger partial charge in [0.05, 0.1) is 0 Å². The number of carboxylic acids is 1. The van der Waals surface area contributed by atoms with Crippen LogP contribution in [0.4, 0.5) is 8.78 Å². The SMILES string of the molecule is O=C(O)c1cc(C(F)F)cc2c1OCCO2. The lowest BCUT2D eigenvalue weighted by Gasteiger charge is -2.20. The average molecular weight is 230 g/mol. The highest BCUT2D eigenvalue weighted by Gasteiger charge is 2.24. The number of carboxylic acid groups (broad SMARTS) is 1. The number of hydrogen-bond donors (Lipinski definition) is 1. The third-order valence-electron chi connectivity index (χ3n) is 2.15. The van der Waals surface area contributed by atoms with E-state index in [1.165, 1.54) is 0 Å². The smallest absolute Gasteiger partial charge is 0.339 e. The van der Waals surface area contributed by atoms with Gasteiger partial charge in [0, 0.05) is 5.56 Å². The van der Waals surface area contributed by atoms with Crippen LogP contribution in [0.3, 0.4) is 0 Å². The van der Waals surface area contributed by atoms with Gasteiger partial charge in [-0.1, -0.05) is 0 Å². The summed E-state index contributed by atoms with van der Waals surface area (Å²) in [5, 5.41) is 8.87. The average Bonchev–Trinajstić information content (AvgIpc) is 2.27. The van der Waals surface area contributed by atoms with Crippen molar-refractivity contribution in [3.8, 4) is 11.5 Å². The Labute approximate surface area is 89.4 Å². The summed E-state index contributed by atoms with van der Waals surface area (Å²) in [5.74, 6) is -1.24. The van der Waals surface area contributed by atoms with Crippen molar-refractivity contribution >= 4 is 5.97 Å². The molecule has 1 aromatic rings. The maximum Gasteiger partial charge on any atom is 0.339 e. The summed E-state index contributed by atoms with van der Waals surface area (Å²) in [7, 11) is 0. The van der Waals surface area contributed by atoms with Crippen LogP contribution in [-0.2, 0) is 0 Å². The standard InChI is InChI=1S/C10H8F2O4/c11-9(12)5-3-6(10(13)14)8-7(4-5)15-1-2-16-8/h3-4,9H,1-2H2,(H,13,14). The molecule has 0 bridgehead atoms. The molecule has 1 heterocycles. The van der Waals surface area contributed by atoms with Gasteiger partial charge >= 0.3 is 5.97 Å². The lowest BCUT2D eigenvalue weighted by molar-refractivity contribution is 0.0685. The van der Waals surface area contributed by atoms with E-state index in [0.29, 0.717) is 0 Å². The van der Waals surface area contributed by atoms with E-state index < -0.39 is 12.4 Å². The van der Waals surface area contributed by atoms with Crippen molar-refractivity contribution in [2.24, 2.45) is 0 Å². The van der Waals surface area contributed by atoms with E-state index >= 15 is 0 Å². The Morgan fingerprint density at radius 2 is 2.00 bits per heavy atom. The molecule has 0 saturated heterocycles. The second-order valence-electron chi connectivity index (χ2n) is 3.20. The van der Waals surface area contributed by atoms with Crippen LogP contribution in [0.25, 0.3) is 0 Å². The molecule has 0 radical (unpaired) electrons. The molecule has 0 saturated carbocycles. The molecule has 0 atom stereocenters. The Morgan fingerprint density at radius 1 is 1.31 bits per heavy atom. The molecule has 1 aromatic carbocycles. The monoisotopic (exact) mass is 230 g/mol. The Bertz CT molecular complexity index is 431. The normalized spacial score (nSPS) is 13.9. The van der Waals surface area contributed by atoms with Crippen LogP contribution in [0, 0.1) is 0 Å². The van der Waals surface area contributed by atoms with Crippen molar-refractivity contribution in [3.63, 3.8) is 0 Å². The minimum atomic E-state index is -2.74. The molecule has 0 spiro atoms. The Morgan fingerprint density at radius 3 is 2.62 bits per heavy atom. The summed E-state index contributed by atoms with van der Waals surface area (Å²) in [5.41, 5.74) is -0.686. The van der Waals surface area contributed by atoms with Crippen LogP contribution in [0.2, 0.25) is 0 Å². The second kappa shape index (κ2) is 3.96. The van der Waals surface area contributed by atoms with Gasteiger partial charge in [-0.3, -0.25) is 0 Å². The highest BCUT2D eigenvalue weighted by molar-refractivity contribution is 5.92. The molecule has 4 nitrogen and oxygen atoms in total. The van der Waals surface area contributed by atoms with Gasteiger partial charge in [-0.2, -0.15) is 0 Å². The van der Waals surface area contributed by atoms with Crippen molar-refractivity contribution in [2.45, 2.75) is 6.43 Å². The van der Waals surface area contributed by atoms with Crippen LogP contribution in [-0.4, -0.2) is 24.3 Å². The number of rotatable bonds is 2. The van der Waals surface area contributed by atoms with Gasteiger partial charge in [0.1, 0.15) is 18.8 Å². The fourth-order valence-corrected chi connectivity index (χ4v) is 1.46. The first kappa shape index (κ1) is 10.7. The van der Waals surface area contributed by atoms with E-state index in [4.69, 9.17) is 14.6 Å². The van der Waals surface area contributed by atoms with Gasteiger partial charge in [0.2, 0.25) is 0 Å². The highest BCUT2D eigenvalue weighted by Crippen LogP contribution is 2.37. The summed E-state index contributed by atoms with van der Waals surface area (Å²) in [4.78, 5) is 10.9. The highest BCUT2D eigenvalue weighted by atomic mass is 19.3. The zero-order valence-electron chi connectivity index (χ0n) is 8.07. The predicted octanol–water partition coefficient (Wildman–Crippen LogP) is 2.09. The molecule has 2 rings (SSSR count). The van der Waals surface area contributed by atoms with Gasteiger partial charge in [-0.15, -0.1) is 0 Å². The molecule has 6 heteroatoms. The van der Waals surface area contributed by atoms with E-state index in [0.717, 1.165) is 12.1 Å². The molecular formula is C10H8F2O4. The number of carbonyl (C=O) groups is 1. The number of halogens is 2. The third-order valence-corrected chi connectivity index (χ3v) is 2.15. The lowest BCUT2D eigenvalue weighted by Crippen LogP contribution is -2.18. The fourth-order valence-electron chi connectivity index (χ4n) is 1.46. The van der Waals surface area contributed by atoms with E-state index in [2.05, 4.69) is 0 Å². The summed E-state index contributed by atoms with van der Waals surface area (Å²) < 4.78 is 35.2. The third kappa shape index (κ3) is 1.78. The second-order valence-corrected chi connectivity index (χ2v) is 3.20. The molecule has 0 aliphatic carbocycles. The zero-order chi connectivity index (χ0) is 11.7. The summed E-state index contributed by atoms with van der Waals surface area (Å²) in [6, 6.07) is 2.01. The zero-order valence-corrected chi connectivity index (χ0v) is 8.07. The van der Waals surface area contributed by atoms with Crippen LogP contribution < -0.4 is 9.47 Å². The lowest BCUT2D eigenvalue weighted by atomic mass is 10.1. The molecule has 0 unspecified atom stereocenters. The Balaban J connectivity index is 2.56. The Hall–Kier alpha value is -1.85. The fraction of sp³-hybridized carbons (Fsp3) is 0.300. The van der Waals surface area contributed by atoms with Gasteiger partial charge in [0.25, 0.3) is 6.43 Å². The van der Waals surface area contributed by atoms with E-state index in [-0.39, 0.29) is 35.8 Å². The van der Waals surface area contributed by atoms with Crippen LogP contribution in [0.15, 0.2) is 12.1 Å². The van der Waals surface area contributed by atoms with Gasteiger partial charge in [-0.05, 0) is 12.1 Å². The molecule has 1 aliphatic rings. The quantitative estimate of drug-likeness (QED) is 0.845. The number of benzene rings is 1. The number of hydrogen-bond acceptors (Lipinski definition) is 3. The molecule has 0 amide bonds. The largest absolute Gasteiger partial charge is 0.486 e. The first-order valence-corrected chi connectivity index (χ1v) is 4.54. The van der Waals surface area contributed by atoms with Crippen molar-refractivity contribution in [2.75, 3.05) is 13.2 Å². The van der Waals surface area contributed by atoms with Crippen LogP contribution in [0.1, 0.15) is 22.3 Å².